The Morgan fingerprint density at radius 3 is 2.64 bits per heavy atom. The molecule has 1 aromatic carbocycles. The smallest absolute Gasteiger partial charge is 0.125 e. The maximum Gasteiger partial charge on any atom is 0.125 e. The van der Waals surface area contributed by atoms with Crippen molar-refractivity contribution in [3.05, 3.63) is 34.9 Å². The molecule has 1 aromatic rings. The van der Waals surface area contributed by atoms with E-state index in [2.05, 4.69) is 4.99 Å². The summed E-state index contributed by atoms with van der Waals surface area (Å²) in [6.45, 7) is 1.15. The Balaban J connectivity index is 2.64. The third kappa shape index (κ3) is 3.36. The number of rotatable bonds is 4. The molecule has 1 rings (SSSR count). The standard InChI is InChI=1S/C10H13ClN2O/c1-14-7-6-13-10(12)8-2-4-9(11)5-3-8/h2-5H,6-7H2,1H3,(H2,12,13). The van der Waals surface area contributed by atoms with Crippen molar-refractivity contribution in [2.45, 2.75) is 0 Å². The molecule has 0 saturated carbocycles. The number of benzene rings is 1. The van der Waals surface area contributed by atoms with Crippen molar-refractivity contribution in [3.8, 4) is 0 Å². The van der Waals surface area contributed by atoms with E-state index in [1.165, 1.54) is 0 Å². The fraction of sp³-hybridized carbons (Fsp3) is 0.300. The Hall–Kier alpha value is -1.06. The van der Waals surface area contributed by atoms with Gasteiger partial charge in [0.1, 0.15) is 5.84 Å². The van der Waals surface area contributed by atoms with Gasteiger partial charge in [0.05, 0.1) is 13.2 Å². The maximum atomic E-state index is 5.74. The number of hydrogen-bond donors (Lipinski definition) is 1. The Morgan fingerprint density at radius 1 is 1.43 bits per heavy atom. The second-order valence-corrected chi connectivity index (χ2v) is 3.20. The van der Waals surface area contributed by atoms with Crippen LogP contribution in [-0.2, 0) is 4.74 Å². The molecule has 0 spiro atoms. The number of halogens is 1. The lowest BCUT2D eigenvalue weighted by atomic mass is 10.2. The summed E-state index contributed by atoms with van der Waals surface area (Å²) < 4.78 is 4.86. The van der Waals surface area contributed by atoms with Crippen LogP contribution in [0.2, 0.25) is 5.02 Å². The van der Waals surface area contributed by atoms with Crippen LogP contribution in [-0.4, -0.2) is 26.1 Å². The molecule has 0 aliphatic heterocycles. The van der Waals surface area contributed by atoms with Crippen molar-refractivity contribution < 1.29 is 4.74 Å². The normalized spacial score (nSPS) is 11.7. The molecule has 0 amide bonds. The molecule has 0 fully saturated rings. The largest absolute Gasteiger partial charge is 0.384 e. The van der Waals surface area contributed by atoms with Gasteiger partial charge in [-0.3, -0.25) is 4.99 Å². The van der Waals surface area contributed by atoms with Crippen molar-refractivity contribution in [1.29, 1.82) is 0 Å². The molecular weight excluding hydrogens is 200 g/mol. The number of amidine groups is 1. The number of nitrogens with two attached hydrogens (primary N) is 1. The summed E-state index contributed by atoms with van der Waals surface area (Å²) in [4.78, 5) is 4.14. The van der Waals surface area contributed by atoms with E-state index >= 15 is 0 Å². The van der Waals surface area contributed by atoms with E-state index in [4.69, 9.17) is 22.1 Å². The highest BCUT2D eigenvalue weighted by Crippen LogP contribution is 2.08. The lowest BCUT2D eigenvalue weighted by Crippen LogP contribution is -2.14. The van der Waals surface area contributed by atoms with E-state index in [0.29, 0.717) is 24.0 Å². The minimum Gasteiger partial charge on any atom is -0.384 e. The van der Waals surface area contributed by atoms with Gasteiger partial charge < -0.3 is 10.5 Å². The first-order valence-corrected chi connectivity index (χ1v) is 4.66. The van der Waals surface area contributed by atoms with Crippen molar-refractivity contribution >= 4 is 17.4 Å². The van der Waals surface area contributed by atoms with Crippen LogP contribution in [0.1, 0.15) is 5.56 Å². The number of ether oxygens (including phenoxy) is 1. The number of hydrogen-bond acceptors (Lipinski definition) is 2. The summed E-state index contributed by atoms with van der Waals surface area (Å²) in [6.07, 6.45) is 0. The first-order chi connectivity index (χ1) is 6.74. The average molecular weight is 213 g/mol. The molecule has 0 aliphatic carbocycles. The number of nitrogens with zero attached hydrogens (tertiary/aromatic N) is 1. The third-order valence-corrected chi connectivity index (χ3v) is 1.97. The minimum absolute atomic E-state index is 0.513. The molecule has 0 aliphatic rings. The molecule has 4 heteroatoms. The first-order valence-electron chi connectivity index (χ1n) is 4.29. The lowest BCUT2D eigenvalue weighted by molar-refractivity contribution is 0.208. The highest BCUT2D eigenvalue weighted by molar-refractivity contribution is 6.30. The molecule has 0 saturated heterocycles. The van der Waals surface area contributed by atoms with Gasteiger partial charge in [-0.05, 0) is 24.3 Å². The SMILES string of the molecule is COCCN=C(N)c1ccc(Cl)cc1. The first kappa shape index (κ1) is 11.0. The fourth-order valence-electron chi connectivity index (χ4n) is 0.969. The van der Waals surface area contributed by atoms with Gasteiger partial charge >= 0.3 is 0 Å². The zero-order chi connectivity index (χ0) is 10.4. The molecule has 3 nitrogen and oxygen atoms in total. The van der Waals surface area contributed by atoms with Crippen molar-refractivity contribution in [2.24, 2.45) is 10.7 Å². The highest BCUT2D eigenvalue weighted by atomic mass is 35.5. The Bertz CT molecular complexity index is 308. The maximum absolute atomic E-state index is 5.74. The predicted molar refractivity (Wildman–Crippen MR) is 58.9 cm³/mol. The Labute approximate surface area is 88.5 Å². The van der Waals surface area contributed by atoms with Crippen LogP contribution in [0.5, 0.6) is 0 Å². The van der Waals surface area contributed by atoms with Crippen LogP contribution >= 0.6 is 11.6 Å². The van der Waals surface area contributed by atoms with E-state index in [1.54, 1.807) is 19.2 Å². The van der Waals surface area contributed by atoms with Gasteiger partial charge in [0.15, 0.2) is 0 Å². The molecule has 14 heavy (non-hydrogen) atoms. The quantitative estimate of drug-likeness (QED) is 0.469. The third-order valence-electron chi connectivity index (χ3n) is 1.72. The van der Waals surface area contributed by atoms with E-state index in [0.717, 1.165) is 5.56 Å². The van der Waals surface area contributed by atoms with Crippen LogP contribution < -0.4 is 5.73 Å². The lowest BCUT2D eigenvalue weighted by Gasteiger charge is -2.00. The summed E-state index contributed by atoms with van der Waals surface area (Å²) in [5.74, 6) is 0.513. The number of methoxy groups -OCH3 is 1. The van der Waals surface area contributed by atoms with Gasteiger partial charge in [-0.25, -0.2) is 0 Å². The second-order valence-electron chi connectivity index (χ2n) is 2.77. The van der Waals surface area contributed by atoms with Crippen molar-refractivity contribution in [3.63, 3.8) is 0 Å². The van der Waals surface area contributed by atoms with Gasteiger partial charge in [-0.2, -0.15) is 0 Å². The summed E-state index contributed by atoms with van der Waals surface area (Å²) in [7, 11) is 1.63. The molecule has 0 bridgehead atoms. The molecule has 0 radical (unpaired) electrons. The van der Waals surface area contributed by atoms with E-state index < -0.39 is 0 Å². The zero-order valence-corrected chi connectivity index (χ0v) is 8.79. The molecular formula is C10H13ClN2O. The summed E-state index contributed by atoms with van der Waals surface area (Å²) in [6, 6.07) is 7.26. The van der Waals surface area contributed by atoms with Gasteiger partial charge in [0, 0.05) is 17.7 Å². The molecule has 0 heterocycles. The predicted octanol–water partition coefficient (Wildman–Crippen LogP) is 1.69. The Kier molecular flexibility index (Phi) is 4.43. The van der Waals surface area contributed by atoms with Gasteiger partial charge in [0.25, 0.3) is 0 Å². The average Bonchev–Trinajstić information content (AvgIpc) is 2.19. The minimum atomic E-state index is 0.513. The Morgan fingerprint density at radius 2 is 2.07 bits per heavy atom. The van der Waals surface area contributed by atoms with Gasteiger partial charge in [-0.15, -0.1) is 0 Å². The van der Waals surface area contributed by atoms with Crippen LogP contribution in [0.4, 0.5) is 0 Å². The van der Waals surface area contributed by atoms with E-state index in [1.807, 2.05) is 12.1 Å². The molecule has 76 valence electrons. The molecule has 2 N–H and O–H groups in total. The van der Waals surface area contributed by atoms with E-state index in [-0.39, 0.29) is 0 Å². The van der Waals surface area contributed by atoms with E-state index in [9.17, 15) is 0 Å². The summed E-state index contributed by atoms with van der Waals surface area (Å²) >= 11 is 5.74. The van der Waals surface area contributed by atoms with Crippen molar-refractivity contribution in [1.82, 2.24) is 0 Å². The molecule has 0 unspecified atom stereocenters. The van der Waals surface area contributed by atoms with Gasteiger partial charge in [0.2, 0.25) is 0 Å². The summed E-state index contributed by atoms with van der Waals surface area (Å²) in [5.41, 5.74) is 6.62. The monoisotopic (exact) mass is 212 g/mol. The molecule has 0 aromatic heterocycles. The topological polar surface area (TPSA) is 47.6 Å². The fourth-order valence-corrected chi connectivity index (χ4v) is 1.10. The van der Waals surface area contributed by atoms with Crippen molar-refractivity contribution in [2.75, 3.05) is 20.3 Å². The van der Waals surface area contributed by atoms with Crippen LogP contribution in [0.3, 0.4) is 0 Å². The zero-order valence-electron chi connectivity index (χ0n) is 8.03. The highest BCUT2D eigenvalue weighted by Gasteiger charge is 1.96. The van der Waals surface area contributed by atoms with Crippen LogP contribution in [0.15, 0.2) is 29.3 Å². The van der Waals surface area contributed by atoms with Crippen LogP contribution in [0.25, 0.3) is 0 Å². The summed E-state index contributed by atoms with van der Waals surface area (Å²) in [5, 5.41) is 0.693. The second kappa shape index (κ2) is 5.62. The van der Waals surface area contributed by atoms with Crippen LogP contribution in [0, 0.1) is 0 Å². The van der Waals surface area contributed by atoms with Gasteiger partial charge in [-0.1, -0.05) is 11.6 Å². The molecule has 0 atom stereocenters. The number of aliphatic imine (C=N–C) groups is 1.